The summed E-state index contributed by atoms with van der Waals surface area (Å²) in [6.07, 6.45) is -4.43. The van der Waals surface area contributed by atoms with Crippen molar-refractivity contribution in [2.75, 3.05) is 6.54 Å². The van der Waals surface area contributed by atoms with E-state index in [4.69, 9.17) is 23.2 Å². The molecule has 0 bridgehead atoms. The monoisotopic (exact) mass is 313 g/mol. The molecule has 0 saturated carbocycles. The summed E-state index contributed by atoms with van der Waals surface area (Å²) in [5.74, 6) is 0. The molecular weight excluding hydrogens is 298 g/mol. The van der Waals surface area contributed by atoms with Crippen LogP contribution >= 0.6 is 23.2 Å². The first-order valence-corrected chi connectivity index (χ1v) is 6.81. The summed E-state index contributed by atoms with van der Waals surface area (Å²) < 4.78 is 36.8. The summed E-state index contributed by atoms with van der Waals surface area (Å²) in [5, 5.41) is 4.06. The van der Waals surface area contributed by atoms with Gasteiger partial charge in [0.25, 0.3) is 0 Å². The van der Waals surface area contributed by atoms with E-state index in [9.17, 15) is 13.2 Å². The average molecular weight is 314 g/mol. The normalized spacial score (nSPS) is 13.6. The molecule has 1 N–H and O–H groups in total. The molecule has 1 rings (SSSR count). The zero-order valence-electron chi connectivity index (χ0n) is 10.5. The van der Waals surface area contributed by atoms with Crippen LogP contribution in [-0.4, -0.2) is 18.8 Å². The van der Waals surface area contributed by atoms with Gasteiger partial charge in [-0.1, -0.05) is 36.2 Å². The molecule has 1 atom stereocenters. The smallest absolute Gasteiger partial charge is 0.314 e. The third-order valence-corrected chi connectivity index (χ3v) is 3.34. The minimum Gasteiger partial charge on any atom is -0.314 e. The fraction of sp³-hybridized carbons (Fsp3) is 0.538. The van der Waals surface area contributed by atoms with E-state index in [1.165, 1.54) is 0 Å². The van der Waals surface area contributed by atoms with Crippen molar-refractivity contribution in [2.45, 2.75) is 38.4 Å². The molecule has 0 amide bonds. The maximum Gasteiger partial charge on any atom is 0.389 e. The fourth-order valence-electron chi connectivity index (χ4n) is 1.86. The lowest BCUT2D eigenvalue weighted by Crippen LogP contribution is -2.32. The number of hydrogen-bond acceptors (Lipinski definition) is 1. The van der Waals surface area contributed by atoms with E-state index >= 15 is 0 Å². The van der Waals surface area contributed by atoms with Gasteiger partial charge < -0.3 is 5.32 Å². The van der Waals surface area contributed by atoms with Crippen molar-refractivity contribution in [3.05, 3.63) is 33.8 Å². The number of benzene rings is 1. The van der Waals surface area contributed by atoms with Crippen LogP contribution in [0.5, 0.6) is 0 Å². The first kappa shape index (κ1) is 16.6. The lowest BCUT2D eigenvalue weighted by atomic mass is 10.0. The summed E-state index contributed by atoms with van der Waals surface area (Å²) in [6, 6.07) is 4.80. The molecule has 1 unspecified atom stereocenters. The van der Waals surface area contributed by atoms with Gasteiger partial charge in [-0.05, 0) is 37.1 Å². The van der Waals surface area contributed by atoms with E-state index in [2.05, 4.69) is 5.32 Å². The standard InChI is InChI=1S/C13H16Cl2F3N/c1-2-19-11(5-6-13(16,17)18)7-9-3-4-10(14)8-12(9)15/h3-4,8,11,19H,2,5-7H2,1H3. The Kier molecular flexibility index (Phi) is 6.43. The predicted molar refractivity (Wildman–Crippen MR) is 72.9 cm³/mol. The van der Waals surface area contributed by atoms with Crippen LogP contribution in [0.15, 0.2) is 18.2 Å². The van der Waals surface area contributed by atoms with E-state index in [0.717, 1.165) is 5.56 Å². The molecule has 0 saturated heterocycles. The highest BCUT2D eigenvalue weighted by molar-refractivity contribution is 6.35. The summed E-state index contributed by atoms with van der Waals surface area (Å²) in [7, 11) is 0. The van der Waals surface area contributed by atoms with Gasteiger partial charge in [0.05, 0.1) is 0 Å². The van der Waals surface area contributed by atoms with Crippen molar-refractivity contribution in [3.63, 3.8) is 0 Å². The molecule has 1 aromatic rings. The van der Waals surface area contributed by atoms with Gasteiger partial charge in [0, 0.05) is 22.5 Å². The van der Waals surface area contributed by atoms with Crippen LogP contribution in [-0.2, 0) is 6.42 Å². The van der Waals surface area contributed by atoms with E-state index in [1.807, 2.05) is 6.92 Å². The average Bonchev–Trinajstić information content (AvgIpc) is 2.28. The SMILES string of the molecule is CCNC(CCC(F)(F)F)Cc1ccc(Cl)cc1Cl. The highest BCUT2D eigenvalue weighted by Crippen LogP contribution is 2.26. The van der Waals surface area contributed by atoms with Crippen molar-refractivity contribution in [2.24, 2.45) is 0 Å². The van der Waals surface area contributed by atoms with Gasteiger partial charge in [-0.2, -0.15) is 13.2 Å². The molecule has 0 radical (unpaired) electrons. The van der Waals surface area contributed by atoms with Crippen molar-refractivity contribution >= 4 is 23.2 Å². The number of nitrogens with one attached hydrogen (secondary N) is 1. The van der Waals surface area contributed by atoms with Crippen LogP contribution in [0.2, 0.25) is 10.0 Å². The highest BCUT2D eigenvalue weighted by Gasteiger charge is 2.28. The second-order valence-electron chi connectivity index (χ2n) is 4.35. The molecule has 0 fully saturated rings. The van der Waals surface area contributed by atoms with Crippen LogP contribution in [0, 0.1) is 0 Å². The van der Waals surface area contributed by atoms with Gasteiger partial charge in [-0.25, -0.2) is 0 Å². The van der Waals surface area contributed by atoms with Crippen LogP contribution < -0.4 is 5.32 Å². The highest BCUT2D eigenvalue weighted by atomic mass is 35.5. The van der Waals surface area contributed by atoms with Crippen LogP contribution in [0.3, 0.4) is 0 Å². The van der Waals surface area contributed by atoms with Crippen LogP contribution in [0.25, 0.3) is 0 Å². The largest absolute Gasteiger partial charge is 0.389 e. The first-order valence-electron chi connectivity index (χ1n) is 6.06. The van der Waals surface area contributed by atoms with Crippen LogP contribution in [0.4, 0.5) is 13.2 Å². The Morgan fingerprint density at radius 1 is 1.26 bits per heavy atom. The van der Waals surface area contributed by atoms with Crippen molar-refractivity contribution < 1.29 is 13.2 Å². The fourth-order valence-corrected chi connectivity index (χ4v) is 2.34. The summed E-state index contributed by atoms with van der Waals surface area (Å²) >= 11 is 11.8. The molecule has 19 heavy (non-hydrogen) atoms. The third-order valence-electron chi connectivity index (χ3n) is 2.75. The lowest BCUT2D eigenvalue weighted by molar-refractivity contribution is -0.136. The maximum atomic E-state index is 12.3. The Balaban J connectivity index is 2.67. The maximum absolute atomic E-state index is 12.3. The second-order valence-corrected chi connectivity index (χ2v) is 5.19. The van der Waals surface area contributed by atoms with Crippen molar-refractivity contribution in [1.82, 2.24) is 5.32 Å². The molecule has 0 heterocycles. The second kappa shape index (κ2) is 7.36. The van der Waals surface area contributed by atoms with Gasteiger partial charge in [-0.15, -0.1) is 0 Å². The predicted octanol–water partition coefficient (Wildman–Crippen LogP) is 4.86. The van der Waals surface area contributed by atoms with Crippen LogP contribution in [0.1, 0.15) is 25.3 Å². The number of halogens is 5. The minimum absolute atomic E-state index is 0.0380. The van der Waals surface area contributed by atoms with Gasteiger partial charge in [0.1, 0.15) is 0 Å². The van der Waals surface area contributed by atoms with Crippen molar-refractivity contribution in [3.8, 4) is 0 Å². The number of hydrogen-bond donors (Lipinski definition) is 1. The van der Waals surface area contributed by atoms with E-state index in [0.29, 0.717) is 23.0 Å². The molecule has 0 aliphatic heterocycles. The number of likely N-dealkylation sites (N-methyl/N-ethyl adjacent to an activating group) is 1. The molecule has 0 spiro atoms. The molecule has 6 heteroatoms. The zero-order valence-corrected chi connectivity index (χ0v) is 12.0. The van der Waals surface area contributed by atoms with Gasteiger partial charge in [0.15, 0.2) is 0 Å². The van der Waals surface area contributed by atoms with Gasteiger partial charge in [0.2, 0.25) is 0 Å². The quantitative estimate of drug-likeness (QED) is 0.791. The first-order chi connectivity index (χ1) is 8.81. The Bertz CT molecular complexity index is 407. The van der Waals surface area contributed by atoms with E-state index in [1.54, 1.807) is 18.2 Å². The third kappa shape index (κ3) is 6.50. The molecule has 108 valence electrons. The summed E-state index contributed by atoms with van der Waals surface area (Å²) in [6.45, 7) is 2.48. The van der Waals surface area contributed by atoms with Crippen molar-refractivity contribution in [1.29, 1.82) is 0 Å². The Morgan fingerprint density at radius 2 is 1.95 bits per heavy atom. The molecular formula is C13H16Cl2F3N. The zero-order chi connectivity index (χ0) is 14.5. The topological polar surface area (TPSA) is 12.0 Å². The minimum atomic E-state index is -4.13. The lowest BCUT2D eigenvalue weighted by Gasteiger charge is -2.19. The van der Waals surface area contributed by atoms with Gasteiger partial charge in [-0.3, -0.25) is 0 Å². The number of rotatable bonds is 6. The Labute approximate surface area is 121 Å². The number of alkyl halides is 3. The molecule has 0 aliphatic carbocycles. The summed E-state index contributed by atoms with van der Waals surface area (Å²) in [5.41, 5.74) is 0.805. The molecule has 0 aliphatic rings. The summed E-state index contributed by atoms with van der Waals surface area (Å²) in [4.78, 5) is 0. The van der Waals surface area contributed by atoms with Gasteiger partial charge >= 0.3 is 6.18 Å². The Hall–Kier alpha value is -0.450. The molecule has 1 aromatic carbocycles. The van der Waals surface area contributed by atoms with E-state index in [-0.39, 0.29) is 12.5 Å². The molecule has 0 aromatic heterocycles. The Morgan fingerprint density at radius 3 is 2.47 bits per heavy atom. The molecule has 1 nitrogen and oxygen atoms in total. The van der Waals surface area contributed by atoms with E-state index < -0.39 is 12.6 Å².